The fourth-order valence-corrected chi connectivity index (χ4v) is 2.21. The van der Waals surface area contributed by atoms with Gasteiger partial charge in [0.25, 0.3) is 11.8 Å². The average molecular weight is 304 g/mol. The Kier molecular flexibility index (Phi) is 4.54. The summed E-state index contributed by atoms with van der Waals surface area (Å²) in [5, 5.41) is 7.41. The van der Waals surface area contributed by atoms with Crippen molar-refractivity contribution in [3.8, 4) is 0 Å². The first kappa shape index (κ1) is 15.0. The van der Waals surface area contributed by atoms with Crippen molar-refractivity contribution >= 4 is 34.0 Å². The SMILES string of the molecule is CC(C)NC(=O)c1cccc(NC(=O)c2csc(N)n2)c1. The maximum absolute atomic E-state index is 12.0. The zero-order valence-corrected chi connectivity index (χ0v) is 12.5. The first-order chi connectivity index (χ1) is 9.95. The largest absolute Gasteiger partial charge is 0.375 e. The molecule has 4 N–H and O–H groups in total. The lowest BCUT2D eigenvalue weighted by molar-refractivity contribution is 0.0941. The molecule has 0 aliphatic rings. The van der Waals surface area contributed by atoms with Crippen molar-refractivity contribution < 1.29 is 9.59 Å². The number of thiazole rings is 1. The molecule has 0 radical (unpaired) electrons. The number of aromatic nitrogens is 1. The highest BCUT2D eigenvalue weighted by Gasteiger charge is 2.12. The summed E-state index contributed by atoms with van der Waals surface area (Å²) in [6, 6.07) is 6.77. The van der Waals surface area contributed by atoms with Crippen molar-refractivity contribution in [3.05, 3.63) is 40.9 Å². The van der Waals surface area contributed by atoms with Crippen LogP contribution in [0.15, 0.2) is 29.6 Å². The molecule has 2 amide bonds. The highest BCUT2D eigenvalue weighted by Crippen LogP contribution is 2.15. The van der Waals surface area contributed by atoms with Gasteiger partial charge in [-0.3, -0.25) is 9.59 Å². The van der Waals surface area contributed by atoms with E-state index in [2.05, 4.69) is 15.6 Å². The predicted octanol–water partition coefficient (Wildman–Crippen LogP) is 2.12. The highest BCUT2D eigenvalue weighted by atomic mass is 32.1. The van der Waals surface area contributed by atoms with E-state index in [1.807, 2.05) is 13.8 Å². The fraction of sp³-hybridized carbons (Fsp3) is 0.214. The van der Waals surface area contributed by atoms with Gasteiger partial charge >= 0.3 is 0 Å². The summed E-state index contributed by atoms with van der Waals surface area (Å²) in [5.41, 5.74) is 6.77. The lowest BCUT2D eigenvalue weighted by Crippen LogP contribution is -2.30. The zero-order valence-electron chi connectivity index (χ0n) is 11.7. The molecule has 6 nitrogen and oxygen atoms in total. The van der Waals surface area contributed by atoms with E-state index in [0.717, 1.165) is 0 Å². The van der Waals surface area contributed by atoms with Gasteiger partial charge in [-0.25, -0.2) is 4.98 Å². The molecule has 0 aliphatic heterocycles. The third-order valence-corrected chi connectivity index (χ3v) is 3.23. The van der Waals surface area contributed by atoms with Crippen LogP contribution >= 0.6 is 11.3 Å². The molecule has 0 fully saturated rings. The molecule has 0 atom stereocenters. The number of carbonyl (C=O) groups is 2. The number of carbonyl (C=O) groups excluding carboxylic acids is 2. The molecule has 0 saturated carbocycles. The maximum Gasteiger partial charge on any atom is 0.275 e. The molecule has 2 aromatic rings. The number of nitrogen functional groups attached to an aromatic ring is 1. The second-order valence-corrected chi connectivity index (χ2v) is 5.62. The van der Waals surface area contributed by atoms with Crippen LogP contribution in [0.4, 0.5) is 10.8 Å². The van der Waals surface area contributed by atoms with E-state index in [-0.39, 0.29) is 23.6 Å². The Labute approximate surface area is 126 Å². The van der Waals surface area contributed by atoms with Crippen LogP contribution in [0.2, 0.25) is 0 Å². The summed E-state index contributed by atoms with van der Waals surface area (Å²) in [6.07, 6.45) is 0. The van der Waals surface area contributed by atoms with Crippen molar-refractivity contribution in [3.63, 3.8) is 0 Å². The van der Waals surface area contributed by atoms with E-state index in [0.29, 0.717) is 16.4 Å². The molecule has 0 saturated heterocycles. The Hall–Kier alpha value is -2.41. The quantitative estimate of drug-likeness (QED) is 0.806. The molecule has 1 aromatic heterocycles. The molecular formula is C14H16N4O2S. The van der Waals surface area contributed by atoms with Crippen molar-refractivity contribution in [1.82, 2.24) is 10.3 Å². The number of hydrogen-bond acceptors (Lipinski definition) is 5. The van der Waals surface area contributed by atoms with Crippen molar-refractivity contribution in [1.29, 1.82) is 0 Å². The van der Waals surface area contributed by atoms with E-state index >= 15 is 0 Å². The van der Waals surface area contributed by atoms with Gasteiger partial charge < -0.3 is 16.4 Å². The van der Waals surface area contributed by atoms with Crippen LogP contribution < -0.4 is 16.4 Å². The van der Waals surface area contributed by atoms with Crippen LogP contribution in [-0.2, 0) is 0 Å². The minimum absolute atomic E-state index is 0.0497. The smallest absolute Gasteiger partial charge is 0.275 e. The lowest BCUT2D eigenvalue weighted by atomic mass is 10.1. The molecule has 0 unspecified atom stereocenters. The van der Waals surface area contributed by atoms with E-state index < -0.39 is 0 Å². The van der Waals surface area contributed by atoms with Gasteiger partial charge in [0.2, 0.25) is 0 Å². The van der Waals surface area contributed by atoms with Gasteiger partial charge in [-0.2, -0.15) is 0 Å². The summed E-state index contributed by atoms with van der Waals surface area (Å²) >= 11 is 1.20. The Balaban J connectivity index is 2.11. The highest BCUT2D eigenvalue weighted by molar-refractivity contribution is 7.13. The number of nitrogens with zero attached hydrogens (tertiary/aromatic N) is 1. The van der Waals surface area contributed by atoms with Gasteiger partial charge in [0.1, 0.15) is 5.69 Å². The Morgan fingerprint density at radius 3 is 2.67 bits per heavy atom. The maximum atomic E-state index is 12.0. The minimum Gasteiger partial charge on any atom is -0.375 e. The molecule has 0 bridgehead atoms. The van der Waals surface area contributed by atoms with E-state index in [1.165, 1.54) is 11.3 Å². The van der Waals surface area contributed by atoms with Crippen LogP contribution in [0.1, 0.15) is 34.7 Å². The molecule has 1 aromatic carbocycles. The van der Waals surface area contributed by atoms with Crippen molar-refractivity contribution in [2.75, 3.05) is 11.1 Å². The van der Waals surface area contributed by atoms with E-state index in [4.69, 9.17) is 5.73 Å². The summed E-state index contributed by atoms with van der Waals surface area (Å²) in [7, 11) is 0. The molecular weight excluding hydrogens is 288 g/mol. The molecule has 0 spiro atoms. The molecule has 0 aliphatic carbocycles. The van der Waals surface area contributed by atoms with Crippen LogP contribution in [0, 0.1) is 0 Å². The predicted molar refractivity (Wildman–Crippen MR) is 83.5 cm³/mol. The minimum atomic E-state index is -0.357. The van der Waals surface area contributed by atoms with Crippen LogP contribution in [0.5, 0.6) is 0 Å². The van der Waals surface area contributed by atoms with Crippen molar-refractivity contribution in [2.24, 2.45) is 0 Å². The van der Waals surface area contributed by atoms with Crippen LogP contribution in [0.3, 0.4) is 0 Å². The average Bonchev–Trinajstić information content (AvgIpc) is 2.85. The third kappa shape index (κ3) is 4.03. The number of rotatable bonds is 4. The molecule has 7 heteroatoms. The Morgan fingerprint density at radius 1 is 1.29 bits per heavy atom. The first-order valence-corrected chi connectivity index (χ1v) is 7.27. The van der Waals surface area contributed by atoms with Gasteiger partial charge in [0.15, 0.2) is 5.13 Å². The Bertz CT molecular complexity index is 666. The van der Waals surface area contributed by atoms with Gasteiger partial charge in [-0.1, -0.05) is 6.07 Å². The van der Waals surface area contributed by atoms with Crippen LogP contribution in [-0.4, -0.2) is 22.8 Å². The first-order valence-electron chi connectivity index (χ1n) is 6.39. The summed E-state index contributed by atoms with van der Waals surface area (Å²) in [4.78, 5) is 27.8. The number of amides is 2. The molecule has 21 heavy (non-hydrogen) atoms. The number of nitrogens with one attached hydrogen (secondary N) is 2. The normalized spacial score (nSPS) is 10.4. The third-order valence-electron chi connectivity index (χ3n) is 2.56. The van der Waals surface area contributed by atoms with E-state index in [1.54, 1.807) is 29.6 Å². The lowest BCUT2D eigenvalue weighted by Gasteiger charge is -2.09. The van der Waals surface area contributed by atoms with Gasteiger partial charge in [-0.05, 0) is 32.0 Å². The monoisotopic (exact) mass is 304 g/mol. The zero-order chi connectivity index (χ0) is 15.4. The van der Waals surface area contributed by atoms with Crippen molar-refractivity contribution in [2.45, 2.75) is 19.9 Å². The fourth-order valence-electron chi connectivity index (χ4n) is 1.67. The molecule has 110 valence electrons. The topological polar surface area (TPSA) is 97.1 Å². The van der Waals surface area contributed by atoms with E-state index in [9.17, 15) is 9.59 Å². The standard InChI is InChI=1S/C14H16N4O2S/c1-8(2)16-12(19)9-4-3-5-10(6-9)17-13(20)11-7-21-14(15)18-11/h3-8H,1-2H3,(H2,15,18)(H,16,19)(H,17,20). The second kappa shape index (κ2) is 6.36. The summed E-state index contributed by atoms with van der Waals surface area (Å²) in [5.74, 6) is -0.539. The number of nitrogens with two attached hydrogens (primary N) is 1. The van der Waals surface area contributed by atoms with Gasteiger partial charge in [0.05, 0.1) is 0 Å². The van der Waals surface area contributed by atoms with Gasteiger partial charge in [-0.15, -0.1) is 11.3 Å². The molecule has 1 heterocycles. The number of anilines is 2. The van der Waals surface area contributed by atoms with Crippen LogP contribution in [0.25, 0.3) is 0 Å². The van der Waals surface area contributed by atoms with Gasteiger partial charge in [0, 0.05) is 22.7 Å². The second-order valence-electron chi connectivity index (χ2n) is 4.73. The summed E-state index contributed by atoms with van der Waals surface area (Å²) < 4.78 is 0. The summed E-state index contributed by atoms with van der Waals surface area (Å²) in [6.45, 7) is 3.77. The number of benzene rings is 1. The molecule has 2 rings (SSSR count). The number of hydrogen-bond donors (Lipinski definition) is 3. The Morgan fingerprint density at radius 2 is 2.05 bits per heavy atom.